The molecule has 0 saturated carbocycles. The molecule has 2 nitrogen and oxygen atoms in total. The van der Waals surface area contributed by atoms with Crippen molar-refractivity contribution >= 4 is 0 Å². The van der Waals surface area contributed by atoms with Crippen LogP contribution in [0.4, 0.5) is 0 Å². The van der Waals surface area contributed by atoms with E-state index in [0.717, 1.165) is 19.6 Å². The lowest BCUT2D eigenvalue weighted by molar-refractivity contribution is 0.246. The van der Waals surface area contributed by atoms with Crippen molar-refractivity contribution in [1.29, 1.82) is 0 Å². The lowest BCUT2D eigenvalue weighted by atomic mass is 9.99. The number of benzene rings is 3. The number of nitrogens with two attached hydrogens (primary N) is 1. The molecule has 3 aromatic rings. The quantitative estimate of drug-likeness (QED) is 0.623. The van der Waals surface area contributed by atoms with E-state index < -0.39 is 0 Å². The molecule has 0 aliphatic carbocycles. The minimum Gasteiger partial charge on any atom is -0.326 e. The second-order valence-corrected chi connectivity index (χ2v) is 7.53. The van der Waals surface area contributed by atoms with Crippen LogP contribution >= 0.6 is 0 Å². The Labute approximate surface area is 163 Å². The Morgan fingerprint density at radius 2 is 1.19 bits per heavy atom. The molecule has 2 heteroatoms. The highest BCUT2D eigenvalue weighted by Gasteiger charge is 2.12. The highest BCUT2D eigenvalue weighted by atomic mass is 15.1. The number of rotatable bonds is 7. The van der Waals surface area contributed by atoms with Crippen LogP contribution in [-0.2, 0) is 26.2 Å². The van der Waals surface area contributed by atoms with E-state index in [0.29, 0.717) is 6.54 Å². The zero-order valence-electron chi connectivity index (χ0n) is 16.7. The molecule has 0 spiro atoms. The Bertz CT molecular complexity index is 844. The van der Waals surface area contributed by atoms with Crippen molar-refractivity contribution in [3.8, 4) is 0 Å². The molecule has 0 atom stereocenters. The van der Waals surface area contributed by atoms with E-state index in [4.69, 9.17) is 5.73 Å². The second-order valence-electron chi connectivity index (χ2n) is 7.53. The van der Waals surface area contributed by atoms with Crippen molar-refractivity contribution < 1.29 is 0 Å². The van der Waals surface area contributed by atoms with Gasteiger partial charge in [0.15, 0.2) is 0 Å². The van der Waals surface area contributed by atoms with Crippen LogP contribution in [0.2, 0.25) is 0 Å². The molecule has 2 N–H and O–H groups in total. The summed E-state index contributed by atoms with van der Waals surface area (Å²) in [7, 11) is 0. The van der Waals surface area contributed by atoms with E-state index in [1.165, 1.54) is 38.9 Å². The molecule has 0 aliphatic rings. The molecule has 27 heavy (non-hydrogen) atoms. The highest BCUT2D eigenvalue weighted by Crippen LogP contribution is 2.21. The first kappa shape index (κ1) is 19.3. The van der Waals surface area contributed by atoms with Gasteiger partial charge in [0, 0.05) is 26.2 Å². The van der Waals surface area contributed by atoms with Gasteiger partial charge >= 0.3 is 0 Å². The standard InChI is InChI=1S/C25H30N2/c1-19-13-20(2)25(21(3)14-19)18-27(16-23-7-5-4-6-8-23)17-24-11-9-22(15-26)10-12-24/h4-14H,15-18,26H2,1-3H3. The minimum atomic E-state index is 0.593. The third kappa shape index (κ3) is 5.29. The SMILES string of the molecule is Cc1cc(C)c(CN(Cc2ccccc2)Cc2ccc(CN)cc2)c(C)c1. The summed E-state index contributed by atoms with van der Waals surface area (Å²) in [6, 6.07) is 24.0. The fraction of sp³-hybridized carbons (Fsp3) is 0.280. The molecule has 0 aliphatic heterocycles. The molecule has 0 radical (unpaired) electrons. The lowest BCUT2D eigenvalue weighted by Gasteiger charge is -2.25. The van der Waals surface area contributed by atoms with E-state index in [9.17, 15) is 0 Å². The topological polar surface area (TPSA) is 29.3 Å². The predicted molar refractivity (Wildman–Crippen MR) is 114 cm³/mol. The van der Waals surface area contributed by atoms with E-state index in [1.54, 1.807) is 0 Å². The normalized spacial score (nSPS) is 11.1. The summed E-state index contributed by atoms with van der Waals surface area (Å²) in [5.74, 6) is 0. The molecule has 0 heterocycles. The molecular formula is C25H30N2. The fourth-order valence-corrected chi connectivity index (χ4v) is 3.73. The van der Waals surface area contributed by atoms with Gasteiger partial charge in [-0.25, -0.2) is 0 Å². The molecule has 0 amide bonds. The first-order valence-corrected chi connectivity index (χ1v) is 9.66. The van der Waals surface area contributed by atoms with E-state index in [-0.39, 0.29) is 0 Å². The highest BCUT2D eigenvalue weighted by molar-refractivity contribution is 5.37. The first-order valence-electron chi connectivity index (χ1n) is 9.66. The summed E-state index contributed by atoms with van der Waals surface area (Å²) < 4.78 is 0. The van der Waals surface area contributed by atoms with Gasteiger partial charge in [-0.05, 0) is 54.2 Å². The van der Waals surface area contributed by atoms with Crippen molar-refractivity contribution in [2.75, 3.05) is 0 Å². The van der Waals surface area contributed by atoms with Crippen LogP contribution in [0, 0.1) is 20.8 Å². The van der Waals surface area contributed by atoms with E-state index in [2.05, 4.69) is 92.4 Å². The second kappa shape index (κ2) is 8.98. The Morgan fingerprint density at radius 1 is 0.667 bits per heavy atom. The molecule has 0 fully saturated rings. The van der Waals surface area contributed by atoms with Gasteiger partial charge in [-0.1, -0.05) is 72.3 Å². The van der Waals surface area contributed by atoms with Crippen molar-refractivity contribution in [2.45, 2.75) is 47.0 Å². The molecule has 0 aromatic heterocycles. The molecule has 0 bridgehead atoms. The Morgan fingerprint density at radius 3 is 1.74 bits per heavy atom. The van der Waals surface area contributed by atoms with E-state index in [1.807, 2.05) is 0 Å². The molecule has 0 saturated heterocycles. The number of hydrogen-bond acceptors (Lipinski definition) is 2. The maximum Gasteiger partial charge on any atom is 0.0246 e. The van der Waals surface area contributed by atoms with Gasteiger partial charge < -0.3 is 5.73 Å². The molecule has 3 aromatic carbocycles. The average molecular weight is 359 g/mol. The summed E-state index contributed by atoms with van der Waals surface area (Å²) in [4.78, 5) is 2.53. The Balaban J connectivity index is 1.85. The number of nitrogens with zero attached hydrogens (tertiary/aromatic N) is 1. The van der Waals surface area contributed by atoms with Crippen molar-refractivity contribution in [2.24, 2.45) is 5.73 Å². The fourth-order valence-electron chi connectivity index (χ4n) is 3.73. The zero-order valence-corrected chi connectivity index (χ0v) is 16.7. The van der Waals surface area contributed by atoms with Gasteiger partial charge in [-0.2, -0.15) is 0 Å². The van der Waals surface area contributed by atoms with Gasteiger partial charge in [0.05, 0.1) is 0 Å². The van der Waals surface area contributed by atoms with E-state index >= 15 is 0 Å². The number of aryl methyl sites for hydroxylation is 3. The Kier molecular flexibility index (Phi) is 6.44. The zero-order chi connectivity index (χ0) is 19.2. The van der Waals surface area contributed by atoms with Crippen molar-refractivity contribution in [1.82, 2.24) is 4.90 Å². The van der Waals surface area contributed by atoms with Gasteiger partial charge in [-0.3, -0.25) is 4.90 Å². The van der Waals surface area contributed by atoms with Gasteiger partial charge in [0.1, 0.15) is 0 Å². The molecule has 3 rings (SSSR count). The summed E-state index contributed by atoms with van der Waals surface area (Å²) in [6.45, 7) is 10.0. The maximum atomic E-state index is 5.74. The van der Waals surface area contributed by atoms with Crippen LogP contribution in [0.25, 0.3) is 0 Å². The molecular weight excluding hydrogens is 328 g/mol. The average Bonchev–Trinajstić information content (AvgIpc) is 2.66. The lowest BCUT2D eigenvalue weighted by Crippen LogP contribution is -2.23. The van der Waals surface area contributed by atoms with Crippen LogP contribution in [0.5, 0.6) is 0 Å². The summed E-state index contributed by atoms with van der Waals surface area (Å²) >= 11 is 0. The van der Waals surface area contributed by atoms with Crippen LogP contribution in [-0.4, -0.2) is 4.90 Å². The minimum absolute atomic E-state index is 0.593. The molecule has 0 unspecified atom stereocenters. The number of hydrogen-bond donors (Lipinski definition) is 1. The first-order chi connectivity index (χ1) is 13.0. The third-order valence-corrected chi connectivity index (χ3v) is 5.14. The summed E-state index contributed by atoms with van der Waals surface area (Å²) in [5.41, 5.74) is 15.1. The van der Waals surface area contributed by atoms with Gasteiger partial charge in [-0.15, -0.1) is 0 Å². The van der Waals surface area contributed by atoms with Crippen molar-refractivity contribution in [3.05, 3.63) is 106 Å². The van der Waals surface area contributed by atoms with Crippen LogP contribution in [0.15, 0.2) is 66.7 Å². The third-order valence-electron chi connectivity index (χ3n) is 5.14. The monoisotopic (exact) mass is 358 g/mol. The largest absolute Gasteiger partial charge is 0.326 e. The van der Waals surface area contributed by atoms with Crippen LogP contribution < -0.4 is 5.73 Å². The van der Waals surface area contributed by atoms with Crippen LogP contribution in [0.1, 0.15) is 38.9 Å². The maximum absolute atomic E-state index is 5.74. The van der Waals surface area contributed by atoms with Gasteiger partial charge in [0.25, 0.3) is 0 Å². The smallest absolute Gasteiger partial charge is 0.0246 e. The van der Waals surface area contributed by atoms with Gasteiger partial charge in [0.2, 0.25) is 0 Å². The summed E-state index contributed by atoms with van der Waals surface area (Å²) in [6.07, 6.45) is 0. The van der Waals surface area contributed by atoms with Crippen molar-refractivity contribution in [3.63, 3.8) is 0 Å². The predicted octanol–water partition coefficient (Wildman–Crippen LogP) is 5.27. The summed E-state index contributed by atoms with van der Waals surface area (Å²) in [5, 5.41) is 0. The Hall–Kier alpha value is -2.42. The molecule has 140 valence electrons. The van der Waals surface area contributed by atoms with Crippen LogP contribution in [0.3, 0.4) is 0 Å².